The maximum Gasteiger partial charge on any atom is 0.242 e. The number of benzene rings is 2. The number of hydrogen-bond acceptors (Lipinski definition) is 5. The molecule has 1 heterocycles. The number of para-hydroxylation sites is 1. The smallest absolute Gasteiger partial charge is 0.242 e. The molecule has 1 amide bonds. The fraction of sp³-hybridized carbons (Fsp3) is 0.316. The molecule has 0 fully saturated rings. The zero-order valence-electron chi connectivity index (χ0n) is 15.4. The van der Waals surface area contributed by atoms with Gasteiger partial charge in [0, 0.05) is 14.1 Å². The van der Waals surface area contributed by atoms with Crippen LogP contribution in [0, 0.1) is 5.92 Å². The quantitative estimate of drug-likeness (QED) is 0.845. The molecule has 0 aromatic heterocycles. The van der Waals surface area contributed by atoms with Gasteiger partial charge in [0.05, 0.1) is 23.6 Å². The van der Waals surface area contributed by atoms with E-state index in [0.29, 0.717) is 17.9 Å². The van der Waals surface area contributed by atoms with E-state index in [1.807, 2.05) is 24.3 Å². The molecule has 0 aliphatic carbocycles. The zero-order chi connectivity index (χ0) is 19.6. The minimum absolute atomic E-state index is 0.0776. The van der Waals surface area contributed by atoms with Gasteiger partial charge in [-0.25, -0.2) is 12.7 Å². The lowest BCUT2D eigenvalue weighted by atomic mass is 9.96. The second-order valence-corrected chi connectivity index (χ2v) is 8.61. The second kappa shape index (κ2) is 7.58. The Morgan fingerprint density at radius 2 is 1.96 bits per heavy atom. The molecular weight excluding hydrogens is 368 g/mol. The van der Waals surface area contributed by atoms with E-state index >= 15 is 0 Å². The maximum absolute atomic E-state index is 12.7. The molecule has 0 bridgehead atoms. The fourth-order valence-electron chi connectivity index (χ4n) is 2.89. The van der Waals surface area contributed by atoms with Crippen molar-refractivity contribution in [3.8, 4) is 11.5 Å². The number of rotatable bonds is 5. The number of ether oxygens (including phenoxy) is 2. The molecule has 2 aromatic rings. The highest BCUT2D eigenvalue weighted by atomic mass is 32.2. The van der Waals surface area contributed by atoms with Crippen molar-refractivity contribution in [1.29, 1.82) is 0 Å². The predicted molar refractivity (Wildman–Crippen MR) is 102 cm³/mol. The third-order valence-corrected chi connectivity index (χ3v) is 6.27. The standard InChI is InChI=1S/C19H22N2O5S/c1-21(2)27(23,24)15-8-9-18(25-3)16(11-15)20-19(22)14-10-13-6-4-5-7-17(13)26-12-14/h4-9,11,14H,10,12H2,1-3H3,(H,20,22). The van der Waals surface area contributed by atoms with Crippen LogP contribution in [0.3, 0.4) is 0 Å². The number of fused-ring (bicyclic) bond motifs is 1. The number of methoxy groups -OCH3 is 1. The molecule has 1 unspecified atom stereocenters. The number of nitrogens with zero attached hydrogens (tertiary/aromatic N) is 1. The number of amides is 1. The highest BCUT2D eigenvalue weighted by Gasteiger charge is 2.27. The Labute approximate surface area is 158 Å². The first-order valence-electron chi connectivity index (χ1n) is 8.45. The van der Waals surface area contributed by atoms with Gasteiger partial charge in [-0.3, -0.25) is 4.79 Å². The third kappa shape index (κ3) is 3.91. The van der Waals surface area contributed by atoms with Crippen LogP contribution in [0.4, 0.5) is 5.69 Å². The van der Waals surface area contributed by atoms with Gasteiger partial charge in [0.2, 0.25) is 15.9 Å². The lowest BCUT2D eigenvalue weighted by molar-refractivity contribution is -0.121. The topological polar surface area (TPSA) is 84.9 Å². The van der Waals surface area contributed by atoms with Crippen molar-refractivity contribution in [2.24, 2.45) is 5.92 Å². The number of hydrogen-bond donors (Lipinski definition) is 1. The molecule has 0 radical (unpaired) electrons. The van der Waals surface area contributed by atoms with Gasteiger partial charge in [-0.15, -0.1) is 0 Å². The van der Waals surface area contributed by atoms with E-state index in [0.717, 1.165) is 15.6 Å². The van der Waals surface area contributed by atoms with Crippen molar-refractivity contribution in [3.63, 3.8) is 0 Å². The summed E-state index contributed by atoms with van der Waals surface area (Å²) in [6, 6.07) is 12.0. The molecule has 0 saturated carbocycles. The molecule has 1 N–H and O–H groups in total. The molecule has 1 aliphatic rings. The van der Waals surface area contributed by atoms with Gasteiger partial charge in [-0.1, -0.05) is 18.2 Å². The minimum Gasteiger partial charge on any atom is -0.495 e. The summed E-state index contributed by atoms with van der Waals surface area (Å²) in [5.41, 5.74) is 1.28. The number of carbonyl (C=O) groups excluding carboxylic acids is 1. The molecule has 3 rings (SSSR count). The summed E-state index contributed by atoms with van der Waals surface area (Å²) in [7, 11) is 0.746. The number of nitrogens with one attached hydrogen (secondary N) is 1. The molecule has 144 valence electrons. The molecule has 2 aromatic carbocycles. The van der Waals surface area contributed by atoms with E-state index in [9.17, 15) is 13.2 Å². The van der Waals surface area contributed by atoms with Crippen LogP contribution in [0.25, 0.3) is 0 Å². The fourth-order valence-corrected chi connectivity index (χ4v) is 3.82. The summed E-state index contributed by atoms with van der Waals surface area (Å²) in [5, 5.41) is 2.79. The predicted octanol–water partition coefficient (Wildman–Crippen LogP) is 2.14. The molecule has 1 atom stereocenters. The summed E-state index contributed by atoms with van der Waals surface area (Å²) in [5.74, 6) is 0.553. The monoisotopic (exact) mass is 390 g/mol. The Balaban J connectivity index is 1.83. The minimum atomic E-state index is -3.62. The first-order chi connectivity index (χ1) is 12.8. The number of carbonyl (C=O) groups is 1. The third-order valence-electron chi connectivity index (χ3n) is 4.46. The van der Waals surface area contributed by atoms with Gasteiger partial charge >= 0.3 is 0 Å². The van der Waals surface area contributed by atoms with Crippen LogP contribution in [-0.2, 0) is 21.2 Å². The SMILES string of the molecule is COc1ccc(S(=O)(=O)N(C)C)cc1NC(=O)C1COc2ccccc2C1. The summed E-state index contributed by atoms with van der Waals surface area (Å²) < 4.78 is 36.8. The Kier molecular flexibility index (Phi) is 5.38. The van der Waals surface area contributed by atoms with Crippen molar-refractivity contribution < 1.29 is 22.7 Å². The highest BCUT2D eigenvalue weighted by Crippen LogP contribution is 2.31. The van der Waals surface area contributed by atoms with E-state index in [-0.39, 0.29) is 23.3 Å². The second-order valence-electron chi connectivity index (χ2n) is 6.46. The molecule has 0 spiro atoms. The van der Waals surface area contributed by atoms with Gasteiger partial charge in [0.25, 0.3) is 0 Å². The Morgan fingerprint density at radius 3 is 2.67 bits per heavy atom. The lowest BCUT2D eigenvalue weighted by Crippen LogP contribution is -2.32. The van der Waals surface area contributed by atoms with Gasteiger partial charge < -0.3 is 14.8 Å². The largest absolute Gasteiger partial charge is 0.495 e. The Morgan fingerprint density at radius 1 is 1.22 bits per heavy atom. The van der Waals surface area contributed by atoms with Crippen LogP contribution in [-0.4, -0.2) is 46.4 Å². The van der Waals surface area contributed by atoms with E-state index in [1.54, 1.807) is 0 Å². The normalized spacial score (nSPS) is 16.4. The van der Waals surface area contributed by atoms with Crippen LogP contribution < -0.4 is 14.8 Å². The van der Waals surface area contributed by atoms with Gasteiger partial charge in [0.15, 0.2) is 0 Å². The summed E-state index contributed by atoms with van der Waals surface area (Å²) >= 11 is 0. The number of sulfonamides is 1. The average Bonchev–Trinajstić information content (AvgIpc) is 2.67. The Hall–Kier alpha value is -2.58. The van der Waals surface area contributed by atoms with Crippen molar-refractivity contribution in [3.05, 3.63) is 48.0 Å². The Bertz CT molecular complexity index is 956. The van der Waals surface area contributed by atoms with Crippen LogP contribution in [0.2, 0.25) is 0 Å². The number of anilines is 1. The van der Waals surface area contributed by atoms with Crippen LogP contribution in [0.15, 0.2) is 47.4 Å². The summed E-state index contributed by atoms with van der Waals surface area (Å²) in [6.45, 7) is 0.265. The van der Waals surface area contributed by atoms with E-state index in [1.165, 1.54) is 39.4 Å². The van der Waals surface area contributed by atoms with Crippen LogP contribution >= 0.6 is 0 Å². The average molecular weight is 390 g/mol. The van der Waals surface area contributed by atoms with E-state index < -0.39 is 10.0 Å². The van der Waals surface area contributed by atoms with E-state index in [2.05, 4.69) is 5.32 Å². The van der Waals surface area contributed by atoms with Crippen molar-refractivity contribution in [1.82, 2.24) is 4.31 Å². The zero-order valence-corrected chi connectivity index (χ0v) is 16.2. The van der Waals surface area contributed by atoms with Gasteiger partial charge in [-0.2, -0.15) is 0 Å². The molecule has 7 nitrogen and oxygen atoms in total. The maximum atomic E-state index is 12.7. The van der Waals surface area contributed by atoms with Crippen LogP contribution in [0.1, 0.15) is 5.56 Å². The van der Waals surface area contributed by atoms with Crippen molar-refractivity contribution >= 4 is 21.6 Å². The first-order valence-corrected chi connectivity index (χ1v) is 9.89. The van der Waals surface area contributed by atoms with Crippen LogP contribution in [0.5, 0.6) is 11.5 Å². The van der Waals surface area contributed by atoms with Gasteiger partial charge in [0.1, 0.15) is 18.1 Å². The lowest BCUT2D eigenvalue weighted by Gasteiger charge is -2.25. The van der Waals surface area contributed by atoms with Gasteiger partial charge in [-0.05, 0) is 36.2 Å². The molecule has 8 heteroatoms. The molecule has 0 saturated heterocycles. The van der Waals surface area contributed by atoms with E-state index in [4.69, 9.17) is 9.47 Å². The molecule has 27 heavy (non-hydrogen) atoms. The molecule has 1 aliphatic heterocycles. The van der Waals surface area contributed by atoms with Crippen molar-refractivity contribution in [2.75, 3.05) is 33.1 Å². The van der Waals surface area contributed by atoms with Crippen molar-refractivity contribution in [2.45, 2.75) is 11.3 Å². The summed E-state index contributed by atoms with van der Waals surface area (Å²) in [4.78, 5) is 12.8. The first kappa shape index (κ1) is 19.2. The molecular formula is C19H22N2O5S. The summed E-state index contributed by atoms with van der Waals surface area (Å²) in [6.07, 6.45) is 0.556. The highest BCUT2D eigenvalue weighted by molar-refractivity contribution is 7.89.